The second-order valence-electron chi connectivity index (χ2n) is 7.91. The van der Waals surface area contributed by atoms with Crippen molar-refractivity contribution in [3.8, 4) is 0 Å². The molecular weight excluding hydrogens is 306 g/mol. The van der Waals surface area contributed by atoms with Gasteiger partial charge in [0.05, 0.1) is 0 Å². The van der Waals surface area contributed by atoms with Crippen LogP contribution < -0.4 is 0 Å². The highest BCUT2D eigenvalue weighted by atomic mass is 16.5. The van der Waals surface area contributed by atoms with Gasteiger partial charge in [0, 0.05) is 32.8 Å². The summed E-state index contributed by atoms with van der Waals surface area (Å²) in [6.07, 6.45) is 14.5. The van der Waals surface area contributed by atoms with E-state index in [1.165, 1.54) is 90.3 Å². The summed E-state index contributed by atoms with van der Waals surface area (Å²) >= 11 is 0. The molecule has 2 atom stereocenters. The molecule has 0 rings (SSSR count). The molecule has 0 aliphatic rings. The van der Waals surface area contributed by atoms with E-state index < -0.39 is 0 Å². The molecule has 2 unspecified atom stereocenters. The Morgan fingerprint density at radius 2 is 1.12 bits per heavy atom. The fraction of sp³-hybridized carbons (Fsp3) is 1.00. The minimum atomic E-state index is 0.879. The molecule has 0 N–H and O–H groups in total. The maximum absolute atomic E-state index is 5.79. The molecule has 0 saturated carbocycles. The predicted molar refractivity (Wildman–Crippen MR) is 113 cm³/mol. The van der Waals surface area contributed by atoms with Gasteiger partial charge in [-0.3, -0.25) is 0 Å². The molecule has 25 heavy (non-hydrogen) atoms. The molecule has 0 aliphatic carbocycles. The monoisotopic (exact) mass is 355 g/mol. The van der Waals surface area contributed by atoms with Crippen LogP contribution >= 0.6 is 0 Å². The van der Waals surface area contributed by atoms with Gasteiger partial charge in [-0.15, -0.1) is 0 Å². The van der Waals surface area contributed by atoms with Crippen molar-refractivity contribution in [1.82, 2.24) is 4.90 Å². The second kappa shape index (κ2) is 18.7. The van der Waals surface area contributed by atoms with Crippen LogP contribution in [0.1, 0.15) is 105 Å². The smallest absolute Gasteiger partial charge is 0.0478 e. The van der Waals surface area contributed by atoms with Gasteiger partial charge in [-0.2, -0.15) is 0 Å². The molecular formula is C23H49NO. The van der Waals surface area contributed by atoms with Gasteiger partial charge in [0.15, 0.2) is 0 Å². The molecule has 2 heteroatoms. The van der Waals surface area contributed by atoms with E-state index in [1.807, 2.05) is 0 Å². The van der Waals surface area contributed by atoms with Crippen LogP contribution in [0.3, 0.4) is 0 Å². The number of nitrogens with zero attached hydrogens (tertiary/aromatic N) is 1. The summed E-state index contributed by atoms with van der Waals surface area (Å²) in [5, 5.41) is 0. The first-order chi connectivity index (χ1) is 12.2. The lowest BCUT2D eigenvalue weighted by molar-refractivity contribution is 0.109. The van der Waals surface area contributed by atoms with Crippen LogP contribution in [0.2, 0.25) is 0 Å². The third-order valence-corrected chi connectivity index (χ3v) is 5.52. The van der Waals surface area contributed by atoms with Gasteiger partial charge >= 0.3 is 0 Å². The highest BCUT2D eigenvalue weighted by Crippen LogP contribution is 2.19. The molecule has 0 aromatic heterocycles. The van der Waals surface area contributed by atoms with E-state index in [-0.39, 0.29) is 0 Å². The number of rotatable bonds is 19. The van der Waals surface area contributed by atoms with E-state index in [1.54, 1.807) is 0 Å². The molecule has 0 heterocycles. The largest absolute Gasteiger partial charge is 0.381 e. The first-order valence-electron chi connectivity index (χ1n) is 11.5. The number of hydrogen-bond acceptors (Lipinski definition) is 2. The Morgan fingerprint density at radius 1 is 0.640 bits per heavy atom. The Hall–Kier alpha value is -0.0800. The minimum Gasteiger partial charge on any atom is -0.381 e. The second-order valence-corrected chi connectivity index (χ2v) is 7.91. The van der Waals surface area contributed by atoms with Crippen molar-refractivity contribution >= 4 is 0 Å². The van der Waals surface area contributed by atoms with Gasteiger partial charge in [0.2, 0.25) is 0 Å². The fourth-order valence-electron chi connectivity index (χ4n) is 3.56. The average Bonchev–Trinajstić information content (AvgIpc) is 2.64. The Morgan fingerprint density at radius 3 is 1.56 bits per heavy atom. The summed E-state index contributed by atoms with van der Waals surface area (Å²) < 4.78 is 5.79. The quantitative estimate of drug-likeness (QED) is 0.233. The summed E-state index contributed by atoms with van der Waals surface area (Å²) in [5.74, 6) is 1.76. The molecule has 0 aromatic carbocycles. The summed E-state index contributed by atoms with van der Waals surface area (Å²) in [5.41, 5.74) is 0. The Labute approximate surface area is 160 Å². The van der Waals surface area contributed by atoms with Crippen molar-refractivity contribution in [2.24, 2.45) is 11.8 Å². The lowest BCUT2D eigenvalue weighted by atomic mass is 9.95. The van der Waals surface area contributed by atoms with E-state index in [0.717, 1.165) is 25.0 Å². The zero-order chi connectivity index (χ0) is 18.8. The van der Waals surface area contributed by atoms with Crippen molar-refractivity contribution in [3.63, 3.8) is 0 Å². The lowest BCUT2D eigenvalue weighted by Gasteiger charge is -2.30. The third kappa shape index (κ3) is 14.7. The average molecular weight is 356 g/mol. The molecule has 0 amide bonds. The first kappa shape index (κ1) is 24.9. The molecule has 0 fully saturated rings. The van der Waals surface area contributed by atoms with Crippen LogP contribution in [-0.2, 0) is 4.74 Å². The van der Waals surface area contributed by atoms with E-state index in [9.17, 15) is 0 Å². The van der Waals surface area contributed by atoms with Crippen molar-refractivity contribution < 1.29 is 4.74 Å². The van der Waals surface area contributed by atoms with Crippen LogP contribution in [0.25, 0.3) is 0 Å². The van der Waals surface area contributed by atoms with Gasteiger partial charge in [-0.1, -0.05) is 79.6 Å². The number of hydrogen-bond donors (Lipinski definition) is 0. The Kier molecular flexibility index (Phi) is 18.6. The van der Waals surface area contributed by atoms with Crippen LogP contribution in [0.4, 0.5) is 0 Å². The van der Waals surface area contributed by atoms with E-state index in [0.29, 0.717) is 0 Å². The molecule has 0 spiro atoms. The number of unbranched alkanes of at least 4 members (excludes halogenated alkanes) is 3. The molecule has 2 nitrogen and oxygen atoms in total. The van der Waals surface area contributed by atoms with E-state index >= 15 is 0 Å². The maximum Gasteiger partial charge on any atom is 0.0478 e. The van der Waals surface area contributed by atoms with Gasteiger partial charge in [-0.05, 0) is 37.5 Å². The van der Waals surface area contributed by atoms with E-state index in [4.69, 9.17) is 4.74 Å². The topological polar surface area (TPSA) is 12.5 Å². The molecule has 0 bridgehead atoms. The summed E-state index contributed by atoms with van der Waals surface area (Å²) in [6.45, 7) is 17.3. The Balaban J connectivity index is 4.40. The third-order valence-electron chi connectivity index (χ3n) is 5.52. The minimum absolute atomic E-state index is 0.879. The van der Waals surface area contributed by atoms with Gasteiger partial charge in [0.25, 0.3) is 0 Å². The summed E-state index contributed by atoms with van der Waals surface area (Å²) in [4.78, 5) is 2.77. The molecule has 0 aliphatic heterocycles. The van der Waals surface area contributed by atoms with Crippen molar-refractivity contribution in [1.29, 1.82) is 0 Å². The Bertz CT molecular complexity index is 238. The predicted octanol–water partition coefficient (Wildman–Crippen LogP) is 6.93. The molecule has 0 saturated heterocycles. The van der Waals surface area contributed by atoms with Crippen molar-refractivity contribution in [2.45, 2.75) is 105 Å². The SMILES string of the molecule is CCCCOCCCN(CC(CC)CCCC)CC(CC)CCCC. The molecule has 0 radical (unpaired) electrons. The van der Waals surface area contributed by atoms with Crippen LogP contribution in [-0.4, -0.2) is 37.7 Å². The van der Waals surface area contributed by atoms with Crippen molar-refractivity contribution in [3.05, 3.63) is 0 Å². The van der Waals surface area contributed by atoms with Crippen LogP contribution in [0, 0.1) is 11.8 Å². The summed E-state index contributed by atoms with van der Waals surface area (Å²) in [6, 6.07) is 0. The van der Waals surface area contributed by atoms with Gasteiger partial charge in [0.1, 0.15) is 0 Å². The first-order valence-corrected chi connectivity index (χ1v) is 11.5. The zero-order valence-corrected chi connectivity index (χ0v) is 18.3. The van der Waals surface area contributed by atoms with Crippen LogP contribution in [0.15, 0.2) is 0 Å². The maximum atomic E-state index is 5.79. The highest BCUT2D eigenvalue weighted by Gasteiger charge is 2.16. The number of ether oxygens (including phenoxy) is 1. The molecule has 0 aromatic rings. The van der Waals surface area contributed by atoms with Crippen LogP contribution in [0.5, 0.6) is 0 Å². The normalized spacial score (nSPS) is 14.2. The van der Waals surface area contributed by atoms with Gasteiger partial charge in [-0.25, -0.2) is 0 Å². The highest BCUT2D eigenvalue weighted by molar-refractivity contribution is 4.70. The zero-order valence-electron chi connectivity index (χ0n) is 18.3. The standard InChI is InChI=1S/C23H49NO/c1-6-11-15-22(9-4)20-24(17-14-19-25-18-13-8-3)21-23(10-5)16-12-7-2/h22-23H,6-21H2,1-5H3. The van der Waals surface area contributed by atoms with E-state index in [2.05, 4.69) is 39.5 Å². The fourth-order valence-corrected chi connectivity index (χ4v) is 3.56. The van der Waals surface area contributed by atoms with Gasteiger partial charge < -0.3 is 9.64 Å². The van der Waals surface area contributed by atoms with Crippen molar-refractivity contribution in [2.75, 3.05) is 32.8 Å². The summed E-state index contributed by atoms with van der Waals surface area (Å²) in [7, 11) is 0. The lowest BCUT2D eigenvalue weighted by Crippen LogP contribution is -2.35. The molecule has 152 valence electrons.